The normalized spacial score (nSPS) is 13.7. The molecule has 21 heavy (non-hydrogen) atoms. The van der Waals surface area contributed by atoms with Gasteiger partial charge in [-0.05, 0) is 70.9 Å². The molecule has 0 aromatic carbocycles. The van der Waals surface area contributed by atoms with E-state index in [4.69, 9.17) is 8.23 Å². The first kappa shape index (κ1) is 21.5. The Morgan fingerprint density at radius 2 is 1.24 bits per heavy atom. The van der Waals surface area contributed by atoms with E-state index in [-0.39, 0.29) is 0 Å². The highest BCUT2D eigenvalue weighted by Gasteiger charge is 2.38. The molecule has 0 heterocycles. The van der Waals surface area contributed by atoms with Crippen LogP contribution in [0.1, 0.15) is 33.1 Å². The van der Waals surface area contributed by atoms with E-state index in [1.165, 1.54) is 31.4 Å². The minimum Gasteiger partial charge on any atom is -0.437 e. The van der Waals surface area contributed by atoms with Crippen LogP contribution in [0.5, 0.6) is 0 Å². The van der Waals surface area contributed by atoms with E-state index in [0.29, 0.717) is 0 Å². The van der Waals surface area contributed by atoms with Crippen LogP contribution in [0, 0.1) is 0 Å². The maximum Gasteiger partial charge on any atom is 0.311 e. The molecule has 0 aliphatic carbocycles. The van der Waals surface area contributed by atoms with Crippen LogP contribution in [0.25, 0.3) is 0 Å². The second kappa shape index (κ2) is 9.62. The van der Waals surface area contributed by atoms with Crippen LogP contribution >= 0.6 is 0 Å². The lowest BCUT2D eigenvalue weighted by atomic mass is 10.4. The Labute approximate surface area is 136 Å². The van der Waals surface area contributed by atoms with Gasteiger partial charge in [-0.25, -0.2) is 0 Å². The lowest BCUT2D eigenvalue weighted by molar-refractivity contribution is 0.386. The number of unbranched alkanes of at least 4 members (excludes halogenated alkanes) is 1. The molecule has 0 rings (SSSR count). The van der Waals surface area contributed by atoms with E-state index in [1.807, 2.05) is 0 Å². The van der Waals surface area contributed by atoms with E-state index in [2.05, 4.69) is 58.4 Å². The summed E-state index contributed by atoms with van der Waals surface area (Å²) in [5.74, 6) is 0. The van der Waals surface area contributed by atoms with Crippen molar-refractivity contribution in [3.8, 4) is 0 Å². The Bertz CT molecular complexity index is 284. The molecule has 0 amide bonds. The van der Waals surface area contributed by atoms with Crippen molar-refractivity contribution < 1.29 is 8.23 Å². The molecule has 0 unspecified atom stereocenters. The first-order valence-corrected chi connectivity index (χ1v) is 17.7. The van der Waals surface area contributed by atoms with E-state index < -0.39 is 25.2 Å². The first-order chi connectivity index (χ1) is 9.54. The van der Waals surface area contributed by atoms with Gasteiger partial charge in [0, 0.05) is 0 Å². The summed E-state index contributed by atoms with van der Waals surface area (Å²) in [6.45, 7) is 20.4. The fraction of sp³-hybridized carbons (Fsp3) is 1.00. The topological polar surface area (TPSA) is 30.5 Å². The maximum atomic E-state index is 6.58. The Morgan fingerprint density at radius 3 is 1.67 bits per heavy atom. The zero-order chi connectivity index (χ0) is 16.6. The molecule has 0 bridgehead atoms. The average Bonchev–Trinajstić information content (AvgIpc) is 2.29. The van der Waals surface area contributed by atoms with Crippen LogP contribution in [0.3, 0.4) is 0 Å². The van der Waals surface area contributed by atoms with Crippen molar-refractivity contribution in [1.82, 2.24) is 5.32 Å². The third-order valence-electron chi connectivity index (χ3n) is 3.56. The van der Waals surface area contributed by atoms with Crippen LogP contribution in [0.2, 0.25) is 51.4 Å². The molecule has 0 spiro atoms. The van der Waals surface area contributed by atoms with E-state index in [1.54, 1.807) is 0 Å². The summed E-state index contributed by atoms with van der Waals surface area (Å²) in [6, 6.07) is 2.47. The molecular weight excluding hydrogens is 310 g/mol. The van der Waals surface area contributed by atoms with Gasteiger partial charge in [-0.1, -0.05) is 26.7 Å². The monoisotopic (exact) mass is 349 g/mol. The highest BCUT2D eigenvalue weighted by Crippen LogP contribution is 2.26. The van der Waals surface area contributed by atoms with Gasteiger partial charge in [0.2, 0.25) is 0 Å². The minimum absolute atomic E-state index is 1.06. The smallest absolute Gasteiger partial charge is 0.311 e. The van der Waals surface area contributed by atoms with Crippen molar-refractivity contribution in [3.63, 3.8) is 0 Å². The van der Waals surface area contributed by atoms with E-state index in [9.17, 15) is 0 Å². The first-order valence-electron chi connectivity index (χ1n) is 8.64. The Balaban J connectivity index is 4.35. The summed E-state index contributed by atoms with van der Waals surface area (Å²) in [5, 5.41) is 3.40. The highest BCUT2D eigenvalue weighted by atomic mass is 28.5. The summed E-state index contributed by atoms with van der Waals surface area (Å²) >= 11 is 0. The van der Waals surface area contributed by atoms with Crippen molar-refractivity contribution in [2.45, 2.75) is 84.5 Å². The molecule has 6 heteroatoms. The maximum absolute atomic E-state index is 6.58. The highest BCUT2D eigenvalue weighted by molar-refractivity contribution is 6.87. The molecule has 0 atom stereocenters. The minimum atomic E-state index is -1.99. The van der Waals surface area contributed by atoms with Gasteiger partial charge in [-0.2, -0.15) is 0 Å². The van der Waals surface area contributed by atoms with Crippen molar-refractivity contribution >= 4 is 25.2 Å². The summed E-state index contributed by atoms with van der Waals surface area (Å²) in [4.78, 5) is 0. The summed E-state index contributed by atoms with van der Waals surface area (Å²) in [6.07, 6.45) is 3.76. The van der Waals surface area contributed by atoms with Gasteiger partial charge in [0.15, 0.2) is 16.6 Å². The van der Waals surface area contributed by atoms with Gasteiger partial charge in [-0.15, -0.1) is 0 Å². The predicted octanol–water partition coefficient (Wildman–Crippen LogP) is 4.93. The molecule has 1 N–H and O–H groups in total. The number of hydrogen-bond acceptors (Lipinski definition) is 3. The fourth-order valence-electron chi connectivity index (χ4n) is 2.87. The molecule has 0 radical (unpaired) electrons. The molecule has 0 fully saturated rings. The van der Waals surface area contributed by atoms with Gasteiger partial charge >= 0.3 is 8.56 Å². The van der Waals surface area contributed by atoms with Gasteiger partial charge in [0.1, 0.15) is 0 Å². The van der Waals surface area contributed by atoms with Crippen molar-refractivity contribution in [2.24, 2.45) is 0 Å². The van der Waals surface area contributed by atoms with Crippen molar-refractivity contribution in [1.29, 1.82) is 0 Å². The molecule has 0 aliphatic rings. The number of nitrogens with one attached hydrogen (secondary N) is 1. The summed E-state index contributed by atoms with van der Waals surface area (Å²) < 4.78 is 13.1. The van der Waals surface area contributed by atoms with Gasteiger partial charge in [-0.3, -0.25) is 0 Å². The quantitative estimate of drug-likeness (QED) is 0.400. The zero-order valence-corrected chi connectivity index (χ0v) is 18.8. The molecule has 0 aliphatic heterocycles. The lowest BCUT2D eigenvalue weighted by Gasteiger charge is -2.38. The third-order valence-corrected chi connectivity index (χ3v) is 15.0. The second-order valence-electron chi connectivity index (χ2n) is 7.68. The van der Waals surface area contributed by atoms with Crippen molar-refractivity contribution in [3.05, 3.63) is 0 Å². The molecule has 128 valence electrons. The summed E-state index contributed by atoms with van der Waals surface area (Å²) in [5.41, 5.74) is 0. The molecular formula is C15H39NO2Si3. The van der Waals surface area contributed by atoms with Gasteiger partial charge < -0.3 is 13.5 Å². The van der Waals surface area contributed by atoms with Crippen LogP contribution in [-0.4, -0.2) is 38.3 Å². The van der Waals surface area contributed by atoms with Crippen LogP contribution in [0.4, 0.5) is 0 Å². The Hall–Kier alpha value is 0.531. The Morgan fingerprint density at radius 1 is 0.762 bits per heavy atom. The second-order valence-corrected chi connectivity index (χ2v) is 20.2. The average molecular weight is 350 g/mol. The third kappa shape index (κ3) is 11.7. The number of rotatable bonds is 12. The predicted molar refractivity (Wildman–Crippen MR) is 102 cm³/mol. The van der Waals surface area contributed by atoms with Crippen LogP contribution in [0.15, 0.2) is 0 Å². The standard InChI is InChI=1S/C15H39NO2Si3/c1-9-11-14-19(3,4)17-21(7,8)18-20(5,6)15-12-13-16-10-2/h16H,9-15H2,1-8H3. The van der Waals surface area contributed by atoms with Gasteiger partial charge in [0.05, 0.1) is 0 Å². The number of hydrogen-bond donors (Lipinski definition) is 1. The molecule has 0 saturated heterocycles. The fourth-order valence-corrected chi connectivity index (χ4v) is 17.1. The molecule has 3 nitrogen and oxygen atoms in total. The van der Waals surface area contributed by atoms with Crippen LogP contribution < -0.4 is 5.32 Å². The van der Waals surface area contributed by atoms with Crippen LogP contribution in [-0.2, 0) is 8.23 Å². The van der Waals surface area contributed by atoms with Gasteiger partial charge in [0.25, 0.3) is 0 Å². The SMILES string of the molecule is CCCC[Si](C)(C)O[Si](C)(C)O[Si](C)(C)CCCNCC. The molecule has 0 aromatic rings. The zero-order valence-electron chi connectivity index (χ0n) is 15.8. The van der Waals surface area contributed by atoms with Crippen molar-refractivity contribution in [2.75, 3.05) is 13.1 Å². The Kier molecular flexibility index (Phi) is 9.86. The van der Waals surface area contributed by atoms with E-state index >= 15 is 0 Å². The van der Waals surface area contributed by atoms with E-state index in [0.717, 1.165) is 13.1 Å². The largest absolute Gasteiger partial charge is 0.437 e. The lowest BCUT2D eigenvalue weighted by Crippen LogP contribution is -2.52. The molecule has 0 saturated carbocycles. The summed E-state index contributed by atoms with van der Waals surface area (Å²) in [7, 11) is -5.15. The molecule has 0 aromatic heterocycles.